The average Bonchev–Trinajstić information content (AvgIpc) is 2.75. The molecule has 0 radical (unpaired) electrons. The van der Waals surface area contributed by atoms with Crippen molar-refractivity contribution in [1.29, 1.82) is 0 Å². The molecule has 2 aliphatic heterocycles. The number of aryl methyl sites for hydroxylation is 1. The van der Waals surface area contributed by atoms with Crippen molar-refractivity contribution in [3.05, 3.63) is 47.5 Å². The number of ether oxygens (including phenoxy) is 3. The molecule has 0 unspecified atom stereocenters. The lowest BCUT2D eigenvalue weighted by molar-refractivity contribution is 0.136. The fourth-order valence-electron chi connectivity index (χ4n) is 4.03. The van der Waals surface area contributed by atoms with Crippen molar-refractivity contribution in [1.82, 2.24) is 4.31 Å². The molecule has 2 aliphatic rings. The molecule has 7 heteroatoms. The standard InChI is InChI=1S/C22H26N2O4S/c1-15-5-4-6-16-14-28-22(25)24(21(15)16)17-9-11-23(12-10-17)29-18-7-8-19(26-2)20(13-18)27-3/h4-8,13,17H,9-12,14H2,1-3H3. The first-order chi connectivity index (χ1) is 14.1. The maximum absolute atomic E-state index is 12.6. The number of piperidine rings is 1. The van der Waals surface area contributed by atoms with Crippen LogP contribution in [-0.2, 0) is 11.3 Å². The normalized spacial score (nSPS) is 17.6. The van der Waals surface area contributed by atoms with Crippen molar-refractivity contribution in [2.75, 3.05) is 32.2 Å². The number of rotatable bonds is 5. The van der Waals surface area contributed by atoms with Crippen molar-refractivity contribution in [2.24, 2.45) is 0 Å². The molecule has 2 heterocycles. The molecule has 0 aromatic heterocycles. The van der Waals surface area contributed by atoms with Crippen LogP contribution in [0.5, 0.6) is 11.5 Å². The Bertz CT molecular complexity index is 896. The number of fused-ring (bicyclic) bond motifs is 1. The minimum Gasteiger partial charge on any atom is -0.493 e. The summed E-state index contributed by atoms with van der Waals surface area (Å²) in [5.41, 5.74) is 3.25. The van der Waals surface area contributed by atoms with Gasteiger partial charge in [-0.2, -0.15) is 0 Å². The summed E-state index contributed by atoms with van der Waals surface area (Å²) < 4.78 is 18.5. The van der Waals surface area contributed by atoms with Crippen LogP contribution in [0.15, 0.2) is 41.3 Å². The number of hydrogen-bond donors (Lipinski definition) is 0. The molecule has 0 saturated carbocycles. The minimum absolute atomic E-state index is 0.157. The van der Waals surface area contributed by atoms with Crippen LogP contribution in [0.2, 0.25) is 0 Å². The third kappa shape index (κ3) is 4.02. The van der Waals surface area contributed by atoms with Crippen LogP contribution in [-0.4, -0.2) is 43.7 Å². The highest BCUT2D eigenvalue weighted by Crippen LogP contribution is 2.37. The summed E-state index contributed by atoms with van der Waals surface area (Å²) in [6.45, 7) is 4.22. The average molecular weight is 415 g/mol. The second kappa shape index (κ2) is 8.55. The van der Waals surface area contributed by atoms with E-state index >= 15 is 0 Å². The molecule has 2 aromatic carbocycles. The zero-order valence-electron chi connectivity index (χ0n) is 17.0. The number of anilines is 1. The van der Waals surface area contributed by atoms with Gasteiger partial charge in [0.1, 0.15) is 6.61 Å². The molecule has 0 bridgehead atoms. The van der Waals surface area contributed by atoms with E-state index in [2.05, 4.69) is 17.3 Å². The molecule has 154 valence electrons. The molecular weight excluding hydrogens is 388 g/mol. The molecule has 2 aromatic rings. The summed E-state index contributed by atoms with van der Waals surface area (Å²) in [6.07, 6.45) is 1.59. The van der Waals surface area contributed by atoms with Crippen LogP contribution >= 0.6 is 11.9 Å². The van der Waals surface area contributed by atoms with Crippen LogP contribution in [0, 0.1) is 6.92 Å². The van der Waals surface area contributed by atoms with Gasteiger partial charge in [0.15, 0.2) is 11.5 Å². The Hall–Kier alpha value is -2.38. The summed E-state index contributed by atoms with van der Waals surface area (Å²) in [7, 11) is 3.29. The van der Waals surface area contributed by atoms with Crippen LogP contribution in [0.4, 0.5) is 10.5 Å². The number of hydrogen-bond acceptors (Lipinski definition) is 6. The maximum atomic E-state index is 12.6. The van der Waals surface area contributed by atoms with Crippen molar-refractivity contribution in [3.63, 3.8) is 0 Å². The highest BCUT2D eigenvalue weighted by atomic mass is 32.2. The van der Waals surface area contributed by atoms with Crippen molar-refractivity contribution < 1.29 is 19.0 Å². The summed E-state index contributed by atoms with van der Waals surface area (Å²) in [6, 6.07) is 12.3. The minimum atomic E-state index is -0.224. The molecule has 29 heavy (non-hydrogen) atoms. The van der Waals surface area contributed by atoms with Crippen LogP contribution in [0.3, 0.4) is 0 Å². The van der Waals surface area contributed by atoms with Gasteiger partial charge in [0.05, 0.1) is 19.9 Å². The van der Waals surface area contributed by atoms with Crippen molar-refractivity contribution >= 4 is 23.7 Å². The summed E-state index contributed by atoms with van der Waals surface area (Å²) in [5.74, 6) is 1.46. The van der Waals surface area contributed by atoms with Gasteiger partial charge in [-0.05, 0) is 55.5 Å². The number of carbonyl (C=O) groups is 1. The highest BCUT2D eigenvalue weighted by Gasteiger charge is 2.35. The zero-order chi connectivity index (χ0) is 20.4. The van der Waals surface area contributed by atoms with E-state index in [1.165, 1.54) is 0 Å². The Labute approximate surface area is 175 Å². The van der Waals surface area contributed by atoms with E-state index in [4.69, 9.17) is 14.2 Å². The first-order valence-electron chi connectivity index (χ1n) is 9.80. The first kappa shape index (κ1) is 19.9. The van der Waals surface area contributed by atoms with Gasteiger partial charge < -0.3 is 14.2 Å². The predicted octanol–water partition coefficient (Wildman–Crippen LogP) is 4.64. The monoisotopic (exact) mass is 414 g/mol. The molecule has 0 spiro atoms. The van der Waals surface area contributed by atoms with Gasteiger partial charge >= 0.3 is 6.09 Å². The molecule has 0 aliphatic carbocycles. The maximum Gasteiger partial charge on any atom is 0.414 e. The molecule has 6 nitrogen and oxygen atoms in total. The summed E-state index contributed by atoms with van der Waals surface area (Å²) >= 11 is 1.71. The van der Waals surface area contributed by atoms with Crippen LogP contribution < -0.4 is 14.4 Å². The van der Waals surface area contributed by atoms with Crippen LogP contribution in [0.25, 0.3) is 0 Å². The van der Waals surface area contributed by atoms with Gasteiger partial charge in [-0.3, -0.25) is 4.90 Å². The highest BCUT2D eigenvalue weighted by molar-refractivity contribution is 7.97. The molecule has 4 rings (SSSR count). The van der Waals surface area contributed by atoms with Crippen molar-refractivity contribution in [2.45, 2.75) is 37.3 Å². The Balaban J connectivity index is 1.43. The molecule has 0 atom stereocenters. The van der Waals surface area contributed by atoms with E-state index in [9.17, 15) is 4.79 Å². The lowest BCUT2D eigenvalue weighted by atomic mass is 10.00. The van der Waals surface area contributed by atoms with E-state index in [0.29, 0.717) is 6.61 Å². The van der Waals surface area contributed by atoms with Gasteiger partial charge in [0.2, 0.25) is 0 Å². The summed E-state index contributed by atoms with van der Waals surface area (Å²) in [4.78, 5) is 15.6. The second-order valence-corrected chi connectivity index (χ2v) is 8.45. The number of methoxy groups -OCH3 is 2. The van der Waals surface area contributed by atoms with E-state index in [1.54, 1.807) is 26.2 Å². The smallest absolute Gasteiger partial charge is 0.414 e. The molecular formula is C22H26N2O4S. The Morgan fingerprint density at radius 1 is 1.07 bits per heavy atom. The number of cyclic esters (lactones) is 1. The van der Waals surface area contributed by atoms with E-state index in [1.807, 2.05) is 35.2 Å². The molecule has 0 N–H and O–H groups in total. The number of para-hydroxylation sites is 1. The summed E-state index contributed by atoms with van der Waals surface area (Å²) in [5, 5.41) is 0. The van der Waals surface area contributed by atoms with E-state index in [-0.39, 0.29) is 12.1 Å². The lowest BCUT2D eigenvalue weighted by Crippen LogP contribution is -2.48. The number of benzene rings is 2. The van der Waals surface area contributed by atoms with Gasteiger partial charge in [0, 0.05) is 29.6 Å². The molecule has 1 saturated heterocycles. The van der Waals surface area contributed by atoms with Crippen molar-refractivity contribution in [3.8, 4) is 11.5 Å². The third-order valence-corrected chi connectivity index (χ3v) is 6.58. The Morgan fingerprint density at radius 2 is 1.83 bits per heavy atom. The molecule has 1 fully saturated rings. The predicted molar refractivity (Wildman–Crippen MR) is 114 cm³/mol. The number of amides is 1. The van der Waals surface area contributed by atoms with Gasteiger partial charge in [-0.25, -0.2) is 9.10 Å². The van der Waals surface area contributed by atoms with Crippen LogP contribution in [0.1, 0.15) is 24.0 Å². The largest absolute Gasteiger partial charge is 0.493 e. The van der Waals surface area contributed by atoms with Gasteiger partial charge in [0.25, 0.3) is 0 Å². The lowest BCUT2D eigenvalue weighted by Gasteiger charge is -2.40. The Morgan fingerprint density at radius 3 is 2.55 bits per heavy atom. The van der Waals surface area contributed by atoms with E-state index < -0.39 is 0 Å². The number of nitrogens with zero attached hydrogens (tertiary/aromatic N) is 2. The number of carbonyl (C=O) groups excluding carboxylic acids is 1. The topological polar surface area (TPSA) is 51.2 Å². The quantitative estimate of drug-likeness (QED) is 0.665. The first-order valence-corrected chi connectivity index (χ1v) is 10.6. The van der Waals surface area contributed by atoms with E-state index in [0.717, 1.165) is 59.1 Å². The Kier molecular flexibility index (Phi) is 5.87. The third-order valence-electron chi connectivity index (χ3n) is 5.49. The van der Waals surface area contributed by atoms with Gasteiger partial charge in [-0.1, -0.05) is 18.2 Å². The second-order valence-electron chi connectivity index (χ2n) is 7.28. The molecule has 1 amide bonds. The zero-order valence-corrected chi connectivity index (χ0v) is 17.8. The SMILES string of the molecule is COc1ccc(SN2CCC(N3C(=O)OCc4cccc(C)c43)CC2)cc1OC. The fraction of sp³-hybridized carbons (Fsp3) is 0.409. The van der Waals surface area contributed by atoms with Gasteiger partial charge in [-0.15, -0.1) is 0 Å². The fourth-order valence-corrected chi connectivity index (χ4v) is 5.01.